The summed E-state index contributed by atoms with van der Waals surface area (Å²) in [5.74, 6) is 0.684. The number of pyridine rings is 1. The van der Waals surface area contributed by atoms with E-state index in [0.29, 0.717) is 41.1 Å². The lowest BCUT2D eigenvalue weighted by molar-refractivity contribution is 0.0322. The monoisotopic (exact) mass is 582 g/mol. The maximum Gasteiger partial charge on any atom is 0.282 e. The molecule has 1 saturated heterocycles. The maximum atomic E-state index is 13.8. The number of hydrogen-bond acceptors (Lipinski definition) is 6. The minimum atomic E-state index is -2.87. The highest BCUT2D eigenvalue weighted by atomic mass is 79.9. The van der Waals surface area contributed by atoms with Crippen molar-refractivity contribution in [1.82, 2.24) is 29.2 Å². The summed E-state index contributed by atoms with van der Waals surface area (Å²) in [6, 6.07) is 7.40. The van der Waals surface area contributed by atoms with Gasteiger partial charge in [0.1, 0.15) is 30.2 Å². The van der Waals surface area contributed by atoms with Crippen molar-refractivity contribution >= 4 is 27.0 Å². The Morgan fingerprint density at radius 3 is 2.57 bits per heavy atom. The van der Waals surface area contributed by atoms with Crippen molar-refractivity contribution in [1.29, 1.82) is 0 Å². The summed E-state index contributed by atoms with van der Waals surface area (Å²) >= 11 is 3.54. The van der Waals surface area contributed by atoms with Gasteiger partial charge in [-0.05, 0) is 47.1 Å². The summed E-state index contributed by atoms with van der Waals surface area (Å²) in [5.41, 5.74) is 0.599. The first-order valence-electron chi connectivity index (χ1n) is 11.6. The van der Waals surface area contributed by atoms with Crippen LogP contribution in [-0.2, 0) is 4.74 Å². The van der Waals surface area contributed by atoms with Crippen molar-refractivity contribution in [2.75, 3.05) is 39.5 Å². The number of imidazole rings is 1. The largest absolute Gasteiger partial charge is 0.491 e. The van der Waals surface area contributed by atoms with Crippen molar-refractivity contribution in [3.63, 3.8) is 0 Å². The normalized spacial score (nSPS) is 14.8. The predicted octanol–water partition coefficient (Wildman–Crippen LogP) is 5.26. The number of ether oxygens (including phenoxy) is 2. The molecule has 1 fully saturated rings. The van der Waals surface area contributed by atoms with Gasteiger partial charge in [-0.1, -0.05) is 0 Å². The Bertz CT molecular complexity index is 1400. The van der Waals surface area contributed by atoms with Gasteiger partial charge in [-0.25, -0.2) is 32.2 Å². The van der Waals surface area contributed by atoms with Crippen molar-refractivity contribution in [2.45, 2.75) is 19.8 Å². The van der Waals surface area contributed by atoms with Gasteiger partial charge in [0.15, 0.2) is 5.82 Å². The molecule has 3 aromatic heterocycles. The van der Waals surface area contributed by atoms with Crippen LogP contribution >= 0.6 is 15.9 Å². The Kier molecular flexibility index (Phi) is 7.45. The van der Waals surface area contributed by atoms with E-state index < -0.39 is 24.1 Å². The molecule has 1 aliphatic rings. The number of alkyl halides is 4. The second-order valence-corrected chi connectivity index (χ2v) is 9.35. The van der Waals surface area contributed by atoms with Gasteiger partial charge in [-0.15, -0.1) is 0 Å². The Hall–Kier alpha value is -3.03. The fraction of sp³-hybridized carbons (Fsp3) is 0.375. The Morgan fingerprint density at radius 2 is 1.86 bits per heavy atom. The molecule has 1 aromatic carbocycles. The molecule has 196 valence electrons. The lowest BCUT2D eigenvalue weighted by Gasteiger charge is -2.26. The molecule has 0 radical (unpaired) electrons. The van der Waals surface area contributed by atoms with Gasteiger partial charge in [-0.2, -0.15) is 5.10 Å². The molecule has 0 saturated carbocycles. The first-order valence-corrected chi connectivity index (χ1v) is 12.3. The molecule has 37 heavy (non-hydrogen) atoms. The highest BCUT2D eigenvalue weighted by Crippen LogP contribution is 2.32. The minimum Gasteiger partial charge on any atom is -0.491 e. The Morgan fingerprint density at radius 1 is 1.08 bits per heavy atom. The Balaban J connectivity index is 1.45. The topological polar surface area (TPSA) is 70.2 Å². The molecule has 4 heterocycles. The van der Waals surface area contributed by atoms with Gasteiger partial charge in [0.05, 0.1) is 34.3 Å². The smallest absolute Gasteiger partial charge is 0.282 e. The molecule has 0 N–H and O–H groups in total. The van der Waals surface area contributed by atoms with Crippen LogP contribution in [0.15, 0.2) is 41.1 Å². The van der Waals surface area contributed by atoms with E-state index in [0.717, 1.165) is 30.4 Å². The summed E-state index contributed by atoms with van der Waals surface area (Å²) in [6.07, 6.45) is -4.19. The molecule has 0 bridgehead atoms. The standard InChI is InChI=1S/C24H23BrF4N6O2/c1-14-10-18(23(28)29)32-35(14)24-15(22(26)27)2-3-21(31-24)34-13-30-17-12-20(16(25)11-19(17)34)37-9-6-33-4-7-36-8-5-33/h2-3,10-13,22-23H,4-9H2,1H3. The zero-order valence-electron chi connectivity index (χ0n) is 19.8. The fourth-order valence-electron chi connectivity index (χ4n) is 4.16. The summed E-state index contributed by atoms with van der Waals surface area (Å²) in [4.78, 5) is 11.1. The first-order chi connectivity index (χ1) is 17.8. The van der Waals surface area contributed by atoms with Crippen LogP contribution < -0.4 is 4.74 Å². The zero-order valence-corrected chi connectivity index (χ0v) is 21.3. The molecule has 0 amide bonds. The second kappa shape index (κ2) is 10.8. The molecule has 1 aliphatic heterocycles. The van der Waals surface area contributed by atoms with E-state index in [2.05, 4.69) is 35.9 Å². The number of rotatable bonds is 8. The number of aromatic nitrogens is 5. The SMILES string of the molecule is Cc1cc(C(F)F)nn1-c1nc(-n2cnc3cc(OCCN4CCOCC4)c(Br)cc32)ccc1C(F)F. The number of fused-ring (bicyclic) bond motifs is 1. The van der Waals surface area contributed by atoms with Crippen LogP contribution in [0.25, 0.3) is 22.7 Å². The molecule has 0 unspecified atom stereocenters. The van der Waals surface area contributed by atoms with Crippen LogP contribution in [0.4, 0.5) is 17.6 Å². The average Bonchev–Trinajstić information content (AvgIpc) is 3.47. The van der Waals surface area contributed by atoms with Crippen LogP contribution in [0, 0.1) is 6.92 Å². The van der Waals surface area contributed by atoms with Crippen LogP contribution in [0.1, 0.15) is 29.8 Å². The number of aryl methyl sites for hydroxylation is 1. The van der Waals surface area contributed by atoms with E-state index in [-0.39, 0.29) is 17.3 Å². The van der Waals surface area contributed by atoms with E-state index in [1.807, 2.05) is 6.07 Å². The highest BCUT2D eigenvalue weighted by Gasteiger charge is 2.22. The molecule has 0 aliphatic carbocycles. The van der Waals surface area contributed by atoms with Crippen molar-refractivity contribution in [3.8, 4) is 17.4 Å². The lowest BCUT2D eigenvalue weighted by Crippen LogP contribution is -2.38. The van der Waals surface area contributed by atoms with Crippen LogP contribution in [-0.4, -0.2) is 68.7 Å². The minimum absolute atomic E-state index is 0.221. The summed E-state index contributed by atoms with van der Waals surface area (Å²) in [6.45, 7) is 5.94. The van der Waals surface area contributed by atoms with Crippen LogP contribution in [0.5, 0.6) is 5.75 Å². The van der Waals surface area contributed by atoms with Gasteiger partial charge in [-0.3, -0.25) is 9.47 Å². The van der Waals surface area contributed by atoms with Crippen molar-refractivity contribution in [2.24, 2.45) is 0 Å². The van der Waals surface area contributed by atoms with E-state index in [4.69, 9.17) is 9.47 Å². The number of benzene rings is 1. The number of halogens is 5. The Labute approximate surface area is 217 Å². The van der Waals surface area contributed by atoms with Gasteiger partial charge < -0.3 is 9.47 Å². The lowest BCUT2D eigenvalue weighted by atomic mass is 10.2. The van der Waals surface area contributed by atoms with E-state index >= 15 is 0 Å². The molecule has 13 heteroatoms. The molecule has 0 spiro atoms. The van der Waals surface area contributed by atoms with Crippen LogP contribution in [0.2, 0.25) is 0 Å². The third-order valence-corrected chi connectivity index (χ3v) is 6.69. The first kappa shape index (κ1) is 25.6. The number of hydrogen-bond donors (Lipinski definition) is 0. The summed E-state index contributed by atoms with van der Waals surface area (Å²) < 4.78 is 68.6. The highest BCUT2D eigenvalue weighted by molar-refractivity contribution is 9.10. The third kappa shape index (κ3) is 5.34. The fourth-order valence-corrected chi connectivity index (χ4v) is 4.60. The molecular formula is C24H23BrF4N6O2. The second-order valence-electron chi connectivity index (χ2n) is 8.49. The van der Waals surface area contributed by atoms with E-state index in [1.54, 1.807) is 10.6 Å². The maximum absolute atomic E-state index is 13.8. The number of morpholine rings is 1. The van der Waals surface area contributed by atoms with Crippen LogP contribution in [0.3, 0.4) is 0 Å². The summed E-state index contributed by atoms with van der Waals surface area (Å²) in [7, 11) is 0. The third-order valence-electron chi connectivity index (χ3n) is 6.07. The van der Waals surface area contributed by atoms with Crippen molar-refractivity contribution in [3.05, 3.63) is 58.1 Å². The van der Waals surface area contributed by atoms with Gasteiger partial charge in [0.2, 0.25) is 0 Å². The van der Waals surface area contributed by atoms with Gasteiger partial charge >= 0.3 is 0 Å². The van der Waals surface area contributed by atoms with Crippen molar-refractivity contribution < 1.29 is 27.0 Å². The van der Waals surface area contributed by atoms with E-state index in [1.165, 1.54) is 25.4 Å². The average molecular weight is 583 g/mol. The number of nitrogens with zero attached hydrogens (tertiary/aromatic N) is 6. The quantitative estimate of drug-likeness (QED) is 0.264. The van der Waals surface area contributed by atoms with Gasteiger partial charge in [0, 0.05) is 31.4 Å². The molecule has 4 aromatic rings. The molecule has 0 atom stereocenters. The van der Waals surface area contributed by atoms with E-state index in [9.17, 15) is 17.6 Å². The zero-order chi connectivity index (χ0) is 26.1. The van der Waals surface area contributed by atoms with Gasteiger partial charge in [0.25, 0.3) is 12.9 Å². The molecule has 5 rings (SSSR count). The molecule has 8 nitrogen and oxygen atoms in total. The predicted molar refractivity (Wildman–Crippen MR) is 131 cm³/mol. The summed E-state index contributed by atoms with van der Waals surface area (Å²) in [5, 5.41) is 3.81. The molecular weight excluding hydrogens is 560 g/mol.